The monoisotopic (exact) mass is 236 g/mol. The van der Waals surface area contributed by atoms with Gasteiger partial charge in [0.05, 0.1) is 0 Å². The van der Waals surface area contributed by atoms with Crippen molar-refractivity contribution in [2.45, 2.75) is 0 Å². The average molecular weight is 236 g/mol. The second-order valence-corrected chi connectivity index (χ2v) is 5.20. The first kappa shape index (κ1) is 11.6. The van der Waals surface area contributed by atoms with E-state index in [4.69, 9.17) is 0 Å². The largest absolute Gasteiger partial charge is 0.0702 e. The molecule has 0 bridgehead atoms. The fraction of sp³-hybridized carbons (Fsp3) is 0. The van der Waals surface area contributed by atoms with Gasteiger partial charge in [0.1, 0.15) is 0 Å². The van der Waals surface area contributed by atoms with E-state index in [9.17, 15) is 0 Å². The molecule has 0 aliphatic carbocycles. The number of hydrogen-bond acceptors (Lipinski definition) is 0. The maximum atomic E-state index is 2.24. The second-order valence-electron chi connectivity index (χ2n) is 4.04. The molecule has 0 saturated carbocycles. The van der Waals surface area contributed by atoms with Crippen LogP contribution in [0.2, 0.25) is 0 Å². The number of benzene rings is 2. The predicted molar refractivity (Wildman–Crippen MR) is 79.8 cm³/mol. The summed E-state index contributed by atoms with van der Waals surface area (Å²) in [6.45, 7) is 0. The highest BCUT2D eigenvalue weighted by atomic mass is 28.1. The van der Waals surface area contributed by atoms with Gasteiger partial charge in [-0.05, 0) is 11.1 Å². The molecule has 0 aliphatic rings. The van der Waals surface area contributed by atoms with Gasteiger partial charge in [-0.3, -0.25) is 0 Å². The fourth-order valence-electron chi connectivity index (χ4n) is 1.65. The lowest BCUT2D eigenvalue weighted by Gasteiger charge is -1.95. The summed E-state index contributed by atoms with van der Waals surface area (Å²) in [5, 5.41) is 1.39. The number of hydrogen-bond donors (Lipinski definition) is 0. The Kier molecular flexibility index (Phi) is 4.11. The first-order chi connectivity index (χ1) is 8.34. The van der Waals surface area contributed by atoms with Gasteiger partial charge in [0.25, 0.3) is 0 Å². The molecule has 0 aliphatic heterocycles. The van der Waals surface area contributed by atoms with Crippen LogP contribution in [-0.2, 0) is 0 Å². The Morgan fingerprint density at radius 2 is 1.29 bits per heavy atom. The summed E-state index contributed by atoms with van der Waals surface area (Å²) in [4.78, 5) is 0. The minimum atomic E-state index is 1.06. The molecule has 0 spiro atoms. The SMILES string of the molecule is [SiH3]C(C=Cc1ccccc1)=Cc1ccccc1. The van der Waals surface area contributed by atoms with E-state index >= 15 is 0 Å². The van der Waals surface area contributed by atoms with E-state index in [1.54, 1.807) is 0 Å². The van der Waals surface area contributed by atoms with E-state index in [0.717, 1.165) is 10.2 Å². The summed E-state index contributed by atoms with van der Waals surface area (Å²) in [5.74, 6) is 0. The second kappa shape index (κ2) is 6.02. The lowest BCUT2D eigenvalue weighted by molar-refractivity contribution is 1.65. The Balaban J connectivity index is 2.09. The molecular weight excluding hydrogens is 220 g/mol. The van der Waals surface area contributed by atoms with Crippen LogP contribution in [0.1, 0.15) is 11.1 Å². The molecule has 84 valence electrons. The molecule has 0 atom stereocenters. The van der Waals surface area contributed by atoms with E-state index in [1.807, 2.05) is 12.1 Å². The van der Waals surface area contributed by atoms with Crippen LogP contribution in [0.25, 0.3) is 12.2 Å². The average Bonchev–Trinajstić information content (AvgIpc) is 2.39. The van der Waals surface area contributed by atoms with Gasteiger partial charge < -0.3 is 0 Å². The minimum Gasteiger partial charge on any atom is -0.0702 e. The van der Waals surface area contributed by atoms with Crippen molar-refractivity contribution in [2.24, 2.45) is 0 Å². The van der Waals surface area contributed by atoms with Crippen molar-refractivity contribution < 1.29 is 0 Å². The Bertz CT molecular complexity index is 510. The lowest BCUT2D eigenvalue weighted by atomic mass is 10.2. The van der Waals surface area contributed by atoms with Crippen LogP contribution < -0.4 is 0 Å². The van der Waals surface area contributed by atoms with Crippen molar-refractivity contribution >= 4 is 22.4 Å². The molecule has 2 aromatic rings. The Hall–Kier alpha value is -1.86. The molecule has 0 aromatic heterocycles. The molecule has 0 unspecified atom stereocenters. The zero-order chi connectivity index (χ0) is 11.9. The molecule has 0 fully saturated rings. The first-order valence-corrected chi connectivity index (χ1v) is 6.81. The third-order valence-corrected chi connectivity index (χ3v) is 3.15. The maximum Gasteiger partial charge on any atom is 0.0385 e. The van der Waals surface area contributed by atoms with E-state index in [1.165, 1.54) is 16.3 Å². The van der Waals surface area contributed by atoms with Crippen molar-refractivity contribution in [1.29, 1.82) is 0 Å². The smallest absolute Gasteiger partial charge is 0.0385 e. The molecule has 1 heteroatoms. The Morgan fingerprint density at radius 1 is 0.765 bits per heavy atom. The third kappa shape index (κ3) is 3.89. The summed E-state index contributed by atoms with van der Waals surface area (Å²) in [7, 11) is 1.06. The molecule has 2 rings (SSSR count). The van der Waals surface area contributed by atoms with Gasteiger partial charge in [-0.15, -0.1) is 0 Å². The standard InChI is InChI=1S/C16H16Si/c17-16(13-15-9-5-2-6-10-15)12-11-14-7-3-1-4-8-14/h1-13H,17H3. The van der Waals surface area contributed by atoms with Crippen molar-refractivity contribution in [1.82, 2.24) is 0 Å². The summed E-state index contributed by atoms with van der Waals surface area (Å²) in [6, 6.07) is 20.9. The number of allylic oxidation sites excluding steroid dienone is 2. The van der Waals surface area contributed by atoms with E-state index in [0.29, 0.717) is 0 Å². The summed E-state index contributed by atoms with van der Waals surface area (Å²) in [5.41, 5.74) is 2.53. The van der Waals surface area contributed by atoms with Gasteiger partial charge in [-0.25, -0.2) is 0 Å². The zero-order valence-electron chi connectivity index (χ0n) is 10.0. The van der Waals surface area contributed by atoms with E-state index in [-0.39, 0.29) is 0 Å². The van der Waals surface area contributed by atoms with Crippen molar-refractivity contribution in [3.8, 4) is 0 Å². The molecule has 17 heavy (non-hydrogen) atoms. The van der Waals surface area contributed by atoms with Gasteiger partial charge in [-0.1, -0.05) is 84.1 Å². The molecule has 0 radical (unpaired) electrons. The van der Waals surface area contributed by atoms with Crippen molar-refractivity contribution in [2.75, 3.05) is 0 Å². The van der Waals surface area contributed by atoms with Gasteiger partial charge in [0.2, 0.25) is 0 Å². The normalized spacial score (nSPS) is 12.1. The van der Waals surface area contributed by atoms with Gasteiger partial charge in [0.15, 0.2) is 0 Å². The van der Waals surface area contributed by atoms with Gasteiger partial charge in [-0.2, -0.15) is 0 Å². The fourth-order valence-corrected chi connectivity index (χ4v) is 2.15. The highest BCUT2D eigenvalue weighted by Crippen LogP contribution is 2.07. The summed E-state index contributed by atoms with van der Waals surface area (Å²) >= 11 is 0. The highest BCUT2D eigenvalue weighted by Gasteiger charge is 1.87. The van der Waals surface area contributed by atoms with Crippen LogP contribution in [0.3, 0.4) is 0 Å². The van der Waals surface area contributed by atoms with E-state index in [2.05, 4.69) is 66.8 Å². The van der Waals surface area contributed by atoms with Crippen molar-refractivity contribution in [3.63, 3.8) is 0 Å². The Morgan fingerprint density at radius 3 is 1.88 bits per heavy atom. The van der Waals surface area contributed by atoms with Crippen LogP contribution in [0.15, 0.2) is 71.9 Å². The topological polar surface area (TPSA) is 0 Å². The van der Waals surface area contributed by atoms with Crippen molar-refractivity contribution in [3.05, 3.63) is 83.1 Å². The summed E-state index contributed by atoms with van der Waals surface area (Å²) < 4.78 is 0. The zero-order valence-corrected chi connectivity index (χ0v) is 12.0. The van der Waals surface area contributed by atoms with E-state index < -0.39 is 0 Å². The van der Waals surface area contributed by atoms with Gasteiger partial charge >= 0.3 is 0 Å². The molecule has 0 amide bonds. The Labute approximate surface area is 106 Å². The molecule has 0 heterocycles. The molecule has 2 aromatic carbocycles. The predicted octanol–water partition coefficient (Wildman–Crippen LogP) is 3.11. The minimum absolute atomic E-state index is 1.06. The maximum absolute atomic E-state index is 2.24. The van der Waals surface area contributed by atoms with Gasteiger partial charge in [0, 0.05) is 10.2 Å². The first-order valence-electron chi connectivity index (χ1n) is 5.81. The quantitative estimate of drug-likeness (QED) is 0.567. The lowest BCUT2D eigenvalue weighted by Crippen LogP contribution is -1.77. The third-order valence-electron chi connectivity index (χ3n) is 2.53. The summed E-state index contributed by atoms with van der Waals surface area (Å²) in [6.07, 6.45) is 6.61. The van der Waals surface area contributed by atoms with Crippen LogP contribution in [0.4, 0.5) is 0 Å². The van der Waals surface area contributed by atoms with Crippen LogP contribution in [0, 0.1) is 0 Å². The van der Waals surface area contributed by atoms with Crippen LogP contribution >= 0.6 is 0 Å². The molecule has 0 nitrogen and oxygen atoms in total. The van der Waals surface area contributed by atoms with Crippen LogP contribution in [0.5, 0.6) is 0 Å². The number of rotatable bonds is 3. The molecule has 0 N–H and O–H groups in total. The highest BCUT2D eigenvalue weighted by molar-refractivity contribution is 6.26. The molecule has 0 saturated heterocycles. The van der Waals surface area contributed by atoms with Crippen LogP contribution in [-0.4, -0.2) is 10.2 Å². The molecular formula is C16H16Si.